The van der Waals surface area contributed by atoms with Crippen LogP contribution in [0.25, 0.3) is 0 Å². The number of carbonyl (C=O) groups excluding carboxylic acids is 2. The zero-order chi connectivity index (χ0) is 12.6. The molecule has 0 aromatic heterocycles. The fraction of sp³-hybridized carbons (Fsp3) is 0.333. The number of phenolic OH excluding ortho intramolecular Hbond substituents is 1. The Kier molecular flexibility index (Phi) is 2.75. The molecular formula is C12H14N2O3. The molecule has 0 spiro atoms. The number of piperazine rings is 1. The van der Waals surface area contributed by atoms with Gasteiger partial charge in [-0.3, -0.25) is 9.59 Å². The molecule has 0 saturated carbocycles. The summed E-state index contributed by atoms with van der Waals surface area (Å²) in [5.74, 6) is -0.297. The van der Waals surface area contributed by atoms with E-state index in [1.165, 1.54) is 15.9 Å². The third kappa shape index (κ3) is 1.84. The van der Waals surface area contributed by atoms with E-state index in [0.29, 0.717) is 5.56 Å². The van der Waals surface area contributed by atoms with Gasteiger partial charge in [0, 0.05) is 19.7 Å². The SMILES string of the molecule is CN1CC(=O)N(C)[C@@H](c2ccccc2O)C1=O. The highest BCUT2D eigenvalue weighted by molar-refractivity contribution is 5.95. The quantitative estimate of drug-likeness (QED) is 0.763. The maximum atomic E-state index is 12.1. The number of phenols is 1. The third-order valence-corrected chi connectivity index (χ3v) is 2.99. The summed E-state index contributed by atoms with van der Waals surface area (Å²) >= 11 is 0. The van der Waals surface area contributed by atoms with Crippen molar-refractivity contribution in [3.8, 4) is 5.75 Å². The molecule has 0 unspecified atom stereocenters. The van der Waals surface area contributed by atoms with Gasteiger partial charge in [-0.1, -0.05) is 18.2 Å². The van der Waals surface area contributed by atoms with E-state index >= 15 is 0 Å². The highest BCUT2D eigenvalue weighted by atomic mass is 16.3. The zero-order valence-corrected chi connectivity index (χ0v) is 9.75. The minimum absolute atomic E-state index is 0.0285. The average molecular weight is 234 g/mol. The molecule has 1 aliphatic rings. The first-order valence-corrected chi connectivity index (χ1v) is 5.31. The lowest BCUT2D eigenvalue weighted by molar-refractivity contribution is -0.153. The van der Waals surface area contributed by atoms with Crippen molar-refractivity contribution >= 4 is 11.8 Å². The first-order valence-electron chi connectivity index (χ1n) is 5.31. The van der Waals surface area contributed by atoms with E-state index in [1.807, 2.05) is 0 Å². The molecule has 1 aromatic rings. The fourth-order valence-corrected chi connectivity index (χ4v) is 1.97. The van der Waals surface area contributed by atoms with Crippen LogP contribution in [0.1, 0.15) is 11.6 Å². The van der Waals surface area contributed by atoms with E-state index in [0.717, 1.165) is 0 Å². The van der Waals surface area contributed by atoms with Crippen LogP contribution < -0.4 is 0 Å². The first-order chi connectivity index (χ1) is 8.02. The van der Waals surface area contributed by atoms with Crippen LogP contribution in [-0.4, -0.2) is 47.4 Å². The Balaban J connectivity index is 2.45. The normalized spacial score (nSPS) is 20.9. The molecule has 5 heteroatoms. The fourth-order valence-electron chi connectivity index (χ4n) is 1.97. The number of aromatic hydroxyl groups is 1. The molecule has 0 radical (unpaired) electrons. The number of benzene rings is 1. The van der Waals surface area contributed by atoms with E-state index in [9.17, 15) is 14.7 Å². The lowest BCUT2D eigenvalue weighted by Crippen LogP contribution is -2.52. The Hall–Kier alpha value is -2.04. The summed E-state index contributed by atoms with van der Waals surface area (Å²) in [6.07, 6.45) is 0. The van der Waals surface area contributed by atoms with Crippen molar-refractivity contribution in [3.05, 3.63) is 29.8 Å². The van der Waals surface area contributed by atoms with Gasteiger partial charge in [0.1, 0.15) is 11.8 Å². The molecule has 0 aliphatic carbocycles. The van der Waals surface area contributed by atoms with Gasteiger partial charge in [-0.15, -0.1) is 0 Å². The number of para-hydroxylation sites is 1. The highest BCUT2D eigenvalue weighted by Gasteiger charge is 2.37. The summed E-state index contributed by atoms with van der Waals surface area (Å²) in [5.41, 5.74) is 0.458. The number of carbonyl (C=O) groups is 2. The number of rotatable bonds is 1. The maximum Gasteiger partial charge on any atom is 0.250 e. The largest absolute Gasteiger partial charge is 0.508 e. The van der Waals surface area contributed by atoms with Crippen LogP contribution in [0.15, 0.2) is 24.3 Å². The summed E-state index contributed by atoms with van der Waals surface area (Å²) in [6.45, 7) is 0.0828. The molecule has 5 nitrogen and oxygen atoms in total. The third-order valence-electron chi connectivity index (χ3n) is 2.99. The van der Waals surface area contributed by atoms with Gasteiger partial charge >= 0.3 is 0 Å². The van der Waals surface area contributed by atoms with Gasteiger partial charge in [0.05, 0.1) is 6.54 Å². The van der Waals surface area contributed by atoms with Crippen molar-refractivity contribution in [1.29, 1.82) is 0 Å². The number of likely N-dealkylation sites (N-methyl/N-ethyl adjacent to an activating group) is 2. The number of amides is 2. The standard InChI is InChI=1S/C12H14N2O3/c1-13-7-10(16)14(2)11(12(13)17)8-5-3-4-6-9(8)15/h3-6,11,15H,7H2,1-2H3/t11-/m0/s1. The topological polar surface area (TPSA) is 60.9 Å². The minimum Gasteiger partial charge on any atom is -0.508 e. The van der Waals surface area contributed by atoms with E-state index in [-0.39, 0.29) is 24.1 Å². The van der Waals surface area contributed by atoms with Gasteiger partial charge in [-0.2, -0.15) is 0 Å². The van der Waals surface area contributed by atoms with Crippen molar-refractivity contribution in [2.45, 2.75) is 6.04 Å². The Morgan fingerprint density at radius 3 is 2.53 bits per heavy atom. The molecule has 1 atom stereocenters. The Morgan fingerprint density at radius 2 is 1.88 bits per heavy atom. The van der Waals surface area contributed by atoms with Crippen LogP contribution in [0.4, 0.5) is 0 Å². The molecule has 1 saturated heterocycles. The predicted octanol–water partition coefficient (Wildman–Crippen LogP) is 0.364. The molecule has 90 valence electrons. The summed E-state index contributed by atoms with van der Waals surface area (Å²) in [6, 6.07) is 5.84. The maximum absolute atomic E-state index is 12.1. The lowest BCUT2D eigenvalue weighted by Gasteiger charge is -2.36. The lowest BCUT2D eigenvalue weighted by atomic mass is 10.0. The summed E-state index contributed by atoms with van der Waals surface area (Å²) < 4.78 is 0. The molecule has 17 heavy (non-hydrogen) atoms. The summed E-state index contributed by atoms with van der Waals surface area (Å²) in [4.78, 5) is 26.5. The second kappa shape index (κ2) is 4.08. The molecule has 2 amide bonds. The first kappa shape index (κ1) is 11.4. The number of hydrogen-bond acceptors (Lipinski definition) is 3. The molecule has 1 heterocycles. The van der Waals surface area contributed by atoms with Gasteiger partial charge in [-0.05, 0) is 6.07 Å². The second-order valence-electron chi connectivity index (χ2n) is 4.16. The van der Waals surface area contributed by atoms with Crippen LogP contribution in [-0.2, 0) is 9.59 Å². The molecule has 1 fully saturated rings. The summed E-state index contributed by atoms with van der Waals surface area (Å²) in [7, 11) is 3.16. The van der Waals surface area contributed by atoms with Crippen LogP contribution in [0.5, 0.6) is 5.75 Å². The second-order valence-corrected chi connectivity index (χ2v) is 4.16. The Morgan fingerprint density at radius 1 is 1.24 bits per heavy atom. The predicted molar refractivity (Wildman–Crippen MR) is 61.3 cm³/mol. The molecule has 1 aliphatic heterocycles. The minimum atomic E-state index is -0.734. The van der Waals surface area contributed by atoms with Crippen molar-refractivity contribution < 1.29 is 14.7 Å². The monoisotopic (exact) mass is 234 g/mol. The van der Waals surface area contributed by atoms with E-state index in [2.05, 4.69) is 0 Å². The average Bonchev–Trinajstić information content (AvgIpc) is 2.29. The van der Waals surface area contributed by atoms with Gasteiger partial charge < -0.3 is 14.9 Å². The van der Waals surface area contributed by atoms with Gasteiger partial charge in [0.25, 0.3) is 0 Å². The molecule has 1 aromatic carbocycles. The van der Waals surface area contributed by atoms with Crippen LogP contribution in [0, 0.1) is 0 Å². The van der Waals surface area contributed by atoms with E-state index in [1.54, 1.807) is 32.3 Å². The van der Waals surface area contributed by atoms with E-state index < -0.39 is 6.04 Å². The molecule has 2 rings (SSSR count). The van der Waals surface area contributed by atoms with Gasteiger partial charge in [0.2, 0.25) is 11.8 Å². The van der Waals surface area contributed by atoms with Crippen molar-refractivity contribution in [2.24, 2.45) is 0 Å². The van der Waals surface area contributed by atoms with Crippen molar-refractivity contribution in [3.63, 3.8) is 0 Å². The van der Waals surface area contributed by atoms with Crippen LogP contribution >= 0.6 is 0 Å². The Bertz CT molecular complexity index is 473. The Labute approximate surface area is 99.3 Å². The number of hydrogen-bond donors (Lipinski definition) is 1. The zero-order valence-electron chi connectivity index (χ0n) is 9.75. The van der Waals surface area contributed by atoms with Gasteiger partial charge in [0.15, 0.2) is 0 Å². The summed E-state index contributed by atoms with van der Waals surface area (Å²) in [5, 5.41) is 9.76. The van der Waals surface area contributed by atoms with Crippen LogP contribution in [0.2, 0.25) is 0 Å². The van der Waals surface area contributed by atoms with Gasteiger partial charge in [-0.25, -0.2) is 0 Å². The van der Waals surface area contributed by atoms with Crippen LogP contribution in [0.3, 0.4) is 0 Å². The van der Waals surface area contributed by atoms with Crippen molar-refractivity contribution in [2.75, 3.05) is 20.6 Å². The molecular weight excluding hydrogens is 220 g/mol. The molecule has 1 N–H and O–H groups in total. The smallest absolute Gasteiger partial charge is 0.250 e. The highest BCUT2D eigenvalue weighted by Crippen LogP contribution is 2.31. The van der Waals surface area contributed by atoms with Crippen molar-refractivity contribution in [1.82, 2.24) is 9.80 Å². The number of nitrogens with zero attached hydrogens (tertiary/aromatic N) is 2. The molecule has 0 bridgehead atoms. The van der Waals surface area contributed by atoms with E-state index in [4.69, 9.17) is 0 Å².